The van der Waals surface area contributed by atoms with Gasteiger partial charge < -0.3 is 5.11 Å². The first-order valence-electron chi connectivity index (χ1n) is 9.93. The Morgan fingerprint density at radius 2 is 1.66 bits per heavy atom. The van der Waals surface area contributed by atoms with E-state index in [1.807, 2.05) is 66.7 Å². The van der Waals surface area contributed by atoms with Gasteiger partial charge in [-0.15, -0.1) is 0 Å². The molecule has 3 aromatic carbocycles. The minimum atomic E-state index is -0.566. The van der Waals surface area contributed by atoms with E-state index in [0.717, 1.165) is 9.13 Å². The molecule has 3 aromatic rings. The number of hydrogen-bond acceptors (Lipinski definition) is 4. The van der Waals surface area contributed by atoms with Gasteiger partial charge in [-0.05, 0) is 76.5 Å². The lowest BCUT2D eigenvalue weighted by atomic mass is 9.96. The fourth-order valence-electron chi connectivity index (χ4n) is 3.75. The molecule has 0 saturated heterocycles. The molecule has 6 nitrogen and oxygen atoms in total. The largest absolute Gasteiger partial charge is 0.503 e. The van der Waals surface area contributed by atoms with Crippen molar-refractivity contribution in [2.45, 2.75) is 12.5 Å². The van der Waals surface area contributed by atoms with E-state index in [1.54, 1.807) is 12.1 Å². The zero-order valence-corrected chi connectivity index (χ0v) is 19.0. The number of non-ortho nitro benzene ring substituents is 1. The molecule has 1 unspecified atom stereocenters. The molecule has 1 aliphatic rings. The van der Waals surface area contributed by atoms with Crippen LogP contribution in [0.25, 0.3) is 6.08 Å². The minimum absolute atomic E-state index is 0.0300. The smallest absolute Gasteiger partial charge is 0.293 e. The van der Waals surface area contributed by atoms with Crippen molar-refractivity contribution in [1.82, 2.24) is 0 Å². The van der Waals surface area contributed by atoms with Gasteiger partial charge >= 0.3 is 0 Å². The predicted molar refractivity (Wildman–Crippen MR) is 132 cm³/mol. The summed E-state index contributed by atoms with van der Waals surface area (Å²) in [5, 5.41) is 21.8. The number of anilines is 1. The molecule has 7 heteroatoms. The second-order valence-corrected chi connectivity index (χ2v) is 8.54. The molecule has 0 aliphatic carbocycles. The number of carbonyl (C=O) groups is 1. The summed E-state index contributed by atoms with van der Waals surface area (Å²) in [5.74, 6) is -0.776. The predicted octanol–water partition coefficient (Wildman–Crippen LogP) is 6.20. The number of benzene rings is 3. The van der Waals surface area contributed by atoms with Crippen LogP contribution in [0.3, 0.4) is 0 Å². The quantitative estimate of drug-likeness (QED) is 0.230. The van der Waals surface area contributed by atoms with Crippen LogP contribution in [0.1, 0.15) is 23.6 Å². The SMILES string of the molecule is O=C1C(O)=C(CC=Cc2ccccc2)C(c2ccc([N+](=O)[O-])cc2)N1c1ccc(I)cc1. The van der Waals surface area contributed by atoms with Crippen LogP contribution in [0.2, 0.25) is 0 Å². The monoisotopic (exact) mass is 538 g/mol. The van der Waals surface area contributed by atoms with Gasteiger partial charge in [0.2, 0.25) is 0 Å². The fourth-order valence-corrected chi connectivity index (χ4v) is 4.10. The van der Waals surface area contributed by atoms with Gasteiger partial charge in [0.05, 0.1) is 11.0 Å². The molecule has 0 radical (unpaired) electrons. The first kappa shape index (κ1) is 21.8. The number of rotatable bonds is 6. The van der Waals surface area contributed by atoms with Crippen LogP contribution in [0.5, 0.6) is 0 Å². The maximum Gasteiger partial charge on any atom is 0.293 e. The van der Waals surface area contributed by atoms with Crippen molar-refractivity contribution in [1.29, 1.82) is 0 Å². The maximum absolute atomic E-state index is 13.1. The highest BCUT2D eigenvalue weighted by Gasteiger charge is 2.40. The van der Waals surface area contributed by atoms with E-state index in [2.05, 4.69) is 22.6 Å². The number of aliphatic hydroxyl groups excluding tert-OH is 1. The number of carbonyl (C=O) groups excluding carboxylic acids is 1. The van der Waals surface area contributed by atoms with Gasteiger partial charge in [0.25, 0.3) is 11.6 Å². The number of nitro groups is 1. The molecule has 1 amide bonds. The van der Waals surface area contributed by atoms with E-state index in [-0.39, 0.29) is 11.4 Å². The lowest BCUT2D eigenvalue weighted by Crippen LogP contribution is -2.30. The van der Waals surface area contributed by atoms with E-state index in [1.165, 1.54) is 17.0 Å². The molecular formula is C25H19IN2O4. The second-order valence-electron chi connectivity index (χ2n) is 7.29. The van der Waals surface area contributed by atoms with Crippen molar-refractivity contribution in [2.75, 3.05) is 4.90 Å². The average Bonchev–Trinajstić information content (AvgIpc) is 3.05. The summed E-state index contributed by atoms with van der Waals surface area (Å²) in [7, 11) is 0. The molecule has 0 fully saturated rings. The highest BCUT2D eigenvalue weighted by atomic mass is 127. The molecule has 0 saturated carbocycles. The highest BCUT2D eigenvalue weighted by molar-refractivity contribution is 14.1. The molecule has 1 N–H and O–H groups in total. The highest BCUT2D eigenvalue weighted by Crippen LogP contribution is 2.42. The second kappa shape index (κ2) is 9.35. The number of nitrogens with zero attached hydrogens (tertiary/aromatic N) is 2. The summed E-state index contributed by atoms with van der Waals surface area (Å²) in [6.45, 7) is 0. The van der Waals surface area contributed by atoms with Gasteiger partial charge in [0.1, 0.15) is 0 Å². The van der Waals surface area contributed by atoms with Crippen molar-refractivity contribution < 1.29 is 14.8 Å². The van der Waals surface area contributed by atoms with Gasteiger partial charge in [0.15, 0.2) is 5.76 Å². The third kappa shape index (κ3) is 4.43. The molecule has 160 valence electrons. The topological polar surface area (TPSA) is 83.7 Å². The normalized spacial score (nSPS) is 16.2. The Hall–Kier alpha value is -3.46. The van der Waals surface area contributed by atoms with Gasteiger partial charge in [-0.25, -0.2) is 0 Å². The minimum Gasteiger partial charge on any atom is -0.503 e. The molecule has 1 aliphatic heterocycles. The third-order valence-corrected chi connectivity index (χ3v) is 6.01. The zero-order chi connectivity index (χ0) is 22.7. The fraction of sp³-hybridized carbons (Fsp3) is 0.0800. The van der Waals surface area contributed by atoms with Crippen LogP contribution in [0, 0.1) is 13.7 Å². The van der Waals surface area contributed by atoms with Crippen LogP contribution in [0.15, 0.2) is 96.3 Å². The Balaban J connectivity index is 1.73. The third-order valence-electron chi connectivity index (χ3n) is 5.29. The first-order chi connectivity index (χ1) is 15.5. The number of allylic oxidation sites excluding steroid dienone is 1. The van der Waals surface area contributed by atoms with E-state index in [9.17, 15) is 20.0 Å². The summed E-state index contributed by atoms with van der Waals surface area (Å²) in [5.41, 5.74) is 2.87. The number of nitro benzene ring substituents is 1. The Bertz CT molecular complexity index is 1200. The number of halogens is 1. The van der Waals surface area contributed by atoms with Crippen LogP contribution >= 0.6 is 22.6 Å². The molecule has 0 aromatic heterocycles. The van der Waals surface area contributed by atoms with Crippen LogP contribution in [-0.2, 0) is 4.79 Å². The van der Waals surface area contributed by atoms with Gasteiger partial charge in [-0.2, -0.15) is 0 Å². The van der Waals surface area contributed by atoms with E-state index >= 15 is 0 Å². The summed E-state index contributed by atoms with van der Waals surface area (Å²) < 4.78 is 1.02. The van der Waals surface area contributed by atoms with E-state index in [0.29, 0.717) is 23.2 Å². The van der Waals surface area contributed by atoms with E-state index in [4.69, 9.17) is 0 Å². The maximum atomic E-state index is 13.1. The molecule has 4 rings (SSSR count). The first-order valence-corrected chi connectivity index (χ1v) is 11.0. The van der Waals surface area contributed by atoms with Crippen molar-refractivity contribution in [3.63, 3.8) is 0 Å². The molecule has 1 atom stereocenters. The summed E-state index contributed by atoms with van der Waals surface area (Å²) in [6.07, 6.45) is 4.20. The van der Waals surface area contributed by atoms with Crippen molar-refractivity contribution in [3.05, 3.63) is 121 Å². The number of amides is 1. The average molecular weight is 538 g/mol. The number of hydrogen-bond donors (Lipinski definition) is 1. The lowest BCUT2D eigenvalue weighted by Gasteiger charge is -2.27. The van der Waals surface area contributed by atoms with Crippen molar-refractivity contribution >= 4 is 45.9 Å². The van der Waals surface area contributed by atoms with Gasteiger partial charge in [-0.1, -0.05) is 42.5 Å². The Morgan fingerprint density at radius 1 is 1.00 bits per heavy atom. The van der Waals surface area contributed by atoms with Gasteiger partial charge in [0, 0.05) is 27.0 Å². The lowest BCUT2D eigenvalue weighted by molar-refractivity contribution is -0.384. The molecule has 0 spiro atoms. The van der Waals surface area contributed by atoms with Crippen LogP contribution in [0.4, 0.5) is 11.4 Å². The van der Waals surface area contributed by atoms with E-state index < -0.39 is 16.9 Å². The Kier molecular flexibility index (Phi) is 6.36. The van der Waals surface area contributed by atoms with Crippen LogP contribution < -0.4 is 4.90 Å². The Morgan fingerprint density at radius 3 is 2.28 bits per heavy atom. The van der Waals surface area contributed by atoms with Crippen molar-refractivity contribution in [3.8, 4) is 0 Å². The van der Waals surface area contributed by atoms with Crippen molar-refractivity contribution in [2.24, 2.45) is 0 Å². The molecule has 0 bridgehead atoms. The summed E-state index contributed by atoms with van der Waals surface area (Å²) in [4.78, 5) is 25.2. The summed E-state index contributed by atoms with van der Waals surface area (Å²) >= 11 is 2.19. The summed E-state index contributed by atoms with van der Waals surface area (Å²) in [6, 6.07) is 22.7. The zero-order valence-electron chi connectivity index (χ0n) is 16.9. The molecule has 1 heterocycles. The Labute approximate surface area is 198 Å². The molecular weight excluding hydrogens is 519 g/mol. The molecule has 32 heavy (non-hydrogen) atoms. The standard InChI is InChI=1S/C25H19IN2O4/c26-19-11-15-20(16-12-19)27-23(18-9-13-21(14-10-18)28(31)32)22(24(29)25(27)30)8-4-7-17-5-2-1-3-6-17/h1-7,9-16,23,29H,8H2. The van der Waals surface area contributed by atoms with Crippen LogP contribution in [-0.4, -0.2) is 15.9 Å². The number of aliphatic hydroxyl groups is 1. The van der Waals surface area contributed by atoms with Gasteiger partial charge in [-0.3, -0.25) is 19.8 Å².